The summed E-state index contributed by atoms with van der Waals surface area (Å²) in [4.78, 5) is 0. The van der Waals surface area contributed by atoms with Crippen molar-refractivity contribution in [2.75, 3.05) is 6.54 Å². The normalized spacial score (nSPS) is 14.3. The zero-order valence-corrected chi connectivity index (χ0v) is 9.80. The van der Waals surface area contributed by atoms with Crippen LogP contribution in [0.2, 0.25) is 5.02 Å². The van der Waals surface area contributed by atoms with Gasteiger partial charge in [0, 0.05) is 11.4 Å². The smallest absolute Gasteiger partial charge is 0.107 e. The molecule has 1 N–H and O–H groups in total. The van der Waals surface area contributed by atoms with Crippen molar-refractivity contribution in [3.8, 4) is 6.07 Å². The molecule has 2 nitrogen and oxygen atoms in total. The Hall–Kier alpha value is -1.04. The zero-order valence-electron chi connectivity index (χ0n) is 9.05. The molecule has 0 saturated carbocycles. The fraction of sp³-hybridized carbons (Fsp3) is 0.417. The molecule has 0 aromatic heterocycles. The van der Waals surface area contributed by atoms with Gasteiger partial charge in [0.15, 0.2) is 0 Å². The number of hydrogen-bond donors (Lipinski definition) is 1. The average molecular weight is 223 g/mol. The minimum atomic E-state index is -0.497. The summed E-state index contributed by atoms with van der Waals surface area (Å²) >= 11 is 5.80. The topological polar surface area (TPSA) is 35.8 Å². The van der Waals surface area contributed by atoms with Gasteiger partial charge >= 0.3 is 0 Å². The van der Waals surface area contributed by atoms with Gasteiger partial charge in [-0.25, -0.2) is 0 Å². The SMILES string of the molecule is CCNC(C)(C#N)Cc1ccc(Cl)cc1. The van der Waals surface area contributed by atoms with E-state index in [1.54, 1.807) is 0 Å². The summed E-state index contributed by atoms with van der Waals surface area (Å²) in [5.74, 6) is 0. The van der Waals surface area contributed by atoms with Crippen molar-refractivity contribution in [1.82, 2.24) is 5.32 Å². The molecule has 1 atom stereocenters. The summed E-state index contributed by atoms with van der Waals surface area (Å²) in [7, 11) is 0. The fourth-order valence-corrected chi connectivity index (χ4v) is 1.67. The van der Waals surface area contributed by atoms with E-state index in [9.17, 15) is 0 Å². The number of benzene rings is 1. The molecule has 1 unspecified atom stereocenters. The van der Waals surface area contributed by atoms with Gasteiger partial charge in [-0.05, 0) is 31.2 Å². The highest BCUT2D eigenvalue weighted by molar-refractivity contribution is 6.30. The summed E-state index contributed by atoms with van der Waals surface area (Å²) < 4.78 is 0. The van der Waals surface area contributed by atoms with Crippen LogP contribution in [0.3, 0.4) is 0 Å². The first kappa shape index (κ1) is 12.0. The maximum atomic E-state index is 9.09. The summed E-state index contributed by atoms with van der Waals surface area (Å²) in [6, 6.07) is 9.90. The van der Waals surface area contributed by atoms with Crippen LogP contribution >= 0.6 is 11.6 Å². The highest BCUT2D eigenvalue weighted by Gasteiger charge is 2.22. The van der Waals surface area contributed by atoms with Gasteiger partial charge in [-0.1, -0.05) is 30.7 Å². The second kappa shape index (κ2) is 5.16. The first-order valence-electron chi connectivity index (χ1n) is 5.00. The summed E-state index contributed by atoms with van der Waals surface area (Å²) in [5.41, 5.74) is 0.618. The van der Waals surface area contributed by atoms with Crippen molar-refractivity contribution in [3.05, 3.63) is 34.9 Å². The maximum absolute atomic E-state index is 9.09. The Labute approximate surface area is 95.9 Å². The molecule has 0 aliphatic heterocycles. The number of likely N-dealkylation sites (N-methyl/N-ethyl adjacent to an activating group) is 1. The largest absolute Gasteiger partial charge is 0.300 e. The molecule has 0 bridgehead atoms. The Morgan fingerprint density at radius 3 is 2.47 bits per heavy atom. The van der Waals surface area contributed by atoms with Gasteiger partial charge < -0.3 is 0 Å². The Kier molecular flexibility index (Phi) is 4.14. The van der Waals surface area contributed by atoms with Gasteiger partial charge in [-0.15, -0.1) is 0 Å². The van der Waals surface area contributed by atoms with Crippen LogP contribution in [0, 0.1) is 11.3 Å². The predicted molar refractivity (Wildman–Crippen MR) is 62.9 cm³/mol. The van der Waals surface area contributed by atoms with Crippen LogP contribution < -0.4 is 5.32 Å². The zero-order chi connectivity index (χ0) is 11.3. The quantitative estimate of drug-likeness (QED) is 0.851. The van der Waals surface area contributed by atoms with Crippen LogP contribution in [0.5, 0.6) is 0 Å². The van der Waals surface area contributed by atoms with Crippen LogP contribution in [-0.2, 0) is 6.42 Å². The molecule has 3 heteroatoms. The van der Waals surface area contributed by atoms with Gasteiger partial charge in [0.1, 0.15) is 5.54 Å². The lowest BCUT2D eigenvalue weighted by atomic mass is 9.94. The van der Waals surface area contributed by atoms with Gasteiger partial charge in [-0.2, -0.15) is 5.26 Å². The molecular weight excluding hydrogens is 208 g/mol. The van der Waals surface area contributed by atoms with E-state index in [4.69, 9.17) is 16.9 Å². The molecule has 15 heavy (non-hydrogen) atoms. The van der Waals surface area contributed by atoms with Gasteiger partial charge in [-0.3, -0.25) is 5.32 Å². The summed E-state index contributed by atoms with van der Waals surface area (Å²) in [6.07, 6.45) is 0.689. The molecular formula is C12H15ClN2. The lowest BCUT2D eigenvalue weighted by Gasteiger charge is -2.22. The Bertz CT molecular complexity index is 353. The molecule has 0 radical (unpaired) electrons. The molecule has 1 aromatic carbocycles. The van der Waals surface area contributed by atoms with E-state index < -0.39 is 5.54 Å². The van der Waals surface area contributed by atoms with E-state index in [0.29, 0.717) is 6.42 Å². The highest BCUT2D eigenvalue weighted by Crippen LogP contribution is 2.15. The maximum Gasteiger partial charge on any atom is 0.107 e. The van der Waals surface area contributed by atoms with Crippen molar-refractivity contribution in [2.45, 2.75) is 25.8 Å². The standard InChI is InChI=1S/C12H15ClN2/c1-3-15-12(2,9-14)8-10-4-6-11(13)7-5-10/h4-7,15H,3,8H2,1-2H3. The van der Waals surface area contributed by atoms with Crippen molar-refractivity contribution in [3.63, 3.8) is 0 Å². The summed E-state index contributed by atoms with van der Waals surface area (Å²) in [6.45, 7) is 4.69. The van der Waals surface area contributed by atoms with Crippen LogP contribution in [0.25, 0.3) is 0 Å². The Morgan fingerprint density at radius 2 is 2.00 bits per heavy atom. The molecule has 0 aliphatic rings. The minimum absolute atomic E-state index is 0.497. The number of hydrogen-bond acceptors (Lipinski definition) is 2. The third-order valence-electron chi connectivity index (χ3n) is 2.28. The molecule has 0 saturated heterocycles. The number of nitrogens with one attached hydrogen (secondary N) is 1. The lowest BCUT2D eigenvalue weighted by Crippen LogP contribution is -2.42. The number of rotatable bonds is 4. The molecule has 0 heterocycles. The third-order valence-corrected chi connectivity index (χ3v) is 2.54. The van der Waals surface area contributed by atoms with Crippen molar-refractivity contribution in [1.29, 1.82) is 5.26 Å². The van der Waals surface area contributed by atoms with Gasteiger partial charge in [0.25, 0.3) is 0 Å². The molecule has 1 aromatic rings. The third kappa shape index (κ3) is 3.54. The van der Waals surface area contributed by atoms with E-state index in [-0.39, 0.29) is 0 Å². The van der Waals surface area contributed by atoms with Gasteiger partial charge in [0.2, 0.25) is 0 Å². The highest BCUT2D eigenvalue weighted by atomic mass is 35.5. The fourth-order valence-electron chi connectivity index (χ4n) is 1.54. The van der Waals surface area contributed by atoms with Crippen LogP contribution in [0.4, 0.5) is 0 Å². The predicted octanol–water partition coefficient (Wildman–Crippen LogP) is 2.77. The average Bonchev–Trinajstić information content (AvgIpc) is 2.22. The number of nitrogens with zero attached hydrogens (tertiary/aromatic N) is 1. The van der Waals surface area contributed by atoms with E-state index in [1.165, 1.54) is 0 Å². The number of halogens is 1. The van der Waals surface area contributed by atoms with Crippen LogP contribution in [0.15, 0.2) is 24.3 Å². The van der Waals surface area contributed by atoms with Crippen LogP contribution in [0.1, 0.15) is 19.4 Å². The molecule has 1 rings (SSSR count). The van der Waals surface area contributed by atoms with E-state index in [0.717, 1.165) is 17.1 Å². The van der Waals surface area contributed by atoms with Gasteiger partial charge in [0.05, 0.1) is 6.07 Å². The van der Waals surface area contributed by atoms with E-state index in [1.807, 2.05) is 38.1 Å². The van der Waals surface area contributed by atoms with Crippen molar-refractivity contribution in [2.24, 2.45) is 0 Å². The first-order chi connectivity index (χ1) is 7.09. The second-order valence-corrected chi connectivity index (χ2v) is 4.21. The molecule has 0 aliphatic carbocycles. The molecule has 0 fully saturated rings. The lowest BCUT2D eigenvalue weighted by molar-refractivity contribution is 0.458. The minimum Gasteiger partial charge on any atom is -0.300 e. The van der Waals surface area contributed by atoms with Crippen LogP contribution in [-0.4, -0.2) is 12.1 Å². The monoisotopic (exact) mass is 222 g/mol. The molecule has 80 valence electrons. The Balaban J connectivity index is 2.76. The van der Waals surface area contributed by atoms with Crippen molar-refractivity contribution >= 4 is 11.6 Å². The second-order valence-electron chi connectivity index (χ2n) is 3.78. The van der Waals surface area contributed by atoms with Crippen molar-refractivity contribution < 1.29 is 0 Å². The summed E-state index contributed by atoms with van der Waals surface area (Å²) in [5, 5.41) is 13.0. The van der Waals surface area contributed by atoms with E-state index in [2.05, 4.69) is 11.4 Å². The Morgan fingerprint density at radius 1 is 1.40 bits per heavy atom. The first-order valence-corrected chi connectivity index (χ1v) is 5.38. The molecule has 0 amide bonds. The molecule has 0 spiro atoms. The number of nitriles is 1. The van der Waals surface area contributed by atoms with E-state index >= 15 is 0 Å².